The lowest BCUT2D eigenvalue weighted by molar-refractivity contribution is -0.141. The molecule has 0 aliphatic heterocycles. The molecule has 0 bridgehead atoms. The van der Waals surface area contributed by atoms with E-state index in [1.54, 1.807) is 0 Å². The predicted octanol–water partition coefficient (Wildman–Crippen LogP) is 3.29. The van der Waals surface area contributed by atoms with E-state index in [1.807, 2.05) is 6.92 Å². The van der Waals surface area contributed by atoms with E-state index >= 15 is 0 Å². The van der Waals surface area contributed by atoms with E-state index in [-0.39, 0.29) is 11.0 Å². The first-order valence-electron chi connectivity index (χ1n) is 5.56. The summed E-state index contributed by atoms with van der Waals surface area (Å²) < 4.78 is 38.6. The lowest BCUT2D eigenvalue weighted by Crippen LogP contribution is -2.09. The molecule has 0 fully saturated rings. The van der Waals surface area contributed by atoms with Gasteiger partial charge in [-0.1, -0.05) is 24.9 Å². The van der Waals surface area contributed by atoms with E-state index in [1.165, 1.54) is 12.5 Å². The highest BCUT2D eigenvalue weighted by Gasteiger charge is 2.33. The summed E-state index contributed by atoms with van der Waals surface area (Å²) in [4.78, 5) is 7.79. The highest BCUT2D eigenvalue weighted by Crippen LogP contribution is 2.28. The molecule has 2 aromatic heterocycles. The Bertz CT molecular complexity index is 580. The highest BCUT2D eigenvalue weighted by molar-refractivity contribution is 6.30. The van der Waals surface area contributed by atoms with Gasteiger partial charge in [0.25, 0.3) is 0 Å². The Balaban J connectivity index is 2.47. The van der Waals surface area contributed by atoms with Crippen molar-refractivity contribution in [2.24, 2.45) is 0 Å². The van der Waals surface area contributed by atoms with Gasteiger partial charge in [-0.05, 0) is 12.5 Å². The van der Waals surface area contributed by atoms with Gasteiger partial charge >= 0.3 is 6.18 Å². The average Bonchev–Trinajstić information content (AvgIpc) is 2.81. The van der Waals surface area contributed by atoms with Crippen LogP contribution in [0.2, 0.25) is 5.15 Å². The van der Waals surface area contributed by atoms with E-state index in [0.717, 1.165) is 17.2 Å². The van der Waals surface area contributed by atoms with Gasteiger partial charge in [0.1, 0.15) is 11.5 Å². The molecule has 0 atom stereocenters. The molecular formula is C11H10ClF3N4. The van der Waals surface area contributed by atoms with Crippen molar-refractivity contribution < 1.29 is 13.2 Å². The number of hydrogen-bond acceptors (Lipinski definition) is 3. The standard InChI is InChI=1S/C11H10ClF3N4/c1-2-3-7-9(12)16-6-17-10(7)19-5-4-8(18-19)11(13,14)15/h4-6H,2-3H2,1H3. The average molecular weight is 291 g/mol. The summed E-state index contributed by atoms with van der Waals surface area (Å²) in [6.45, 7) is 1.93. The summed E-state index contributed by atoms with van der Waals surface area (Å²) in [5, 5.41) is 3.71. The Kier molecular flexibility index (Phi) is 3.75. The minimum absolute atomic E-state index is 0.232. The van der Waals surface area contributed by atoms with Gasteiger partial charge in [0.05, 0.1) is 0 Å². The Labute approximate surface area is 112 Å². The van der Waals surface area contributed by atoms with Gasteiger partial charge < -0.3 is 0 Å². The second-order valence-electron chi connectivity index (χ2n) is 3.86. The number of hydrogen-bond donors (Lipinski definition) is 0. The first-order valence-corrected chi connectivity index (χ1v) is 5.94. The van der Waals surface area contributed by atoms with Crippen LogP contribution in [0.15, 0.2) is 18.6 Å². The van der Waals surface area contributed by atoms with Gasteiger partial charge in [0.2, 0.25) is 0 Å². The van der Waals surface area contributed by atoms with Crippen LogP contribution in [0.25, 0.3) is 5.82 Å². The van der Waals surface area contributed by atoms with Crippen molar-refractivity contribution in [3.05, 3.63) is 35.0 Å². The topological polar surface area (TPSA) is 43.6 Å². The maximum Gasteiger partial charge on any atom is 0.435 e. The van der Waals surface area contributed by atoms with E-state index in [4.69, 9.17) is 11.6 Å². The largest absolute Gasteiger partial charge is 0.435 e. The van der Waals surface area contributed by atoms with Crippen molar-refractivity contribution >= 4 is 11.6 Å². The number of alkyl halides is 3. The monoisotopic (exact) mass is 290 g/mol. The van der Waals surface area contributed by atoms with Crippen LogP contribution >= 0.6 is 11.6 Å². The smallest absolute Gasteiger partial charge is 0.224 e. The van der Waals surface area contributed by atoms with Crippen LogP contribution in [0.3, 0.4) is 0 Å². The van der Waals surface area contributed by atoms with Crippen molar-refractivity contribution in [1.82, 2.24) is 19.7 Å². The quantitative estimate of drug-likeness (QED) is 0.815. The minimum Gasteiger partial charge on any atom is -0.224 e. The lowest BCUT2D eigenvalue weighted by atomic mass is 10.2. The van der Waals surface area contributed by atoms with E-state index in [0.29, 0.717) is 12.0 Å². The van der Waals surface area contributed by atoms with Crippen molar-refractivity contribution in [2.45, 2.75) is 25.9 Å². The summed E-state index contributed by atoms with van der Waals surface area (Å²) in [6.07, 6.45) is -0.733. The zero-order valence-electron chi connectivity index (χ0n) is 9.95. The normalized spacial score (nSPS) is 11.8. The molecule has 2 rings (SSSR count). The van der Waals surface area contributed by atoms with Crippen molar-refractivity contribution in [3.8, 4) is 5.82 Å². The van der Waals surface area contributed by atoms with Gasteiger partial charge in [0, 0.05) is 11.8 Å². The Morgan fingerprint density at radius 3 is 2.63 bits per heavy atom. The van der Waals surface area contributed by atoms with E-state index in [2.05, 4.69) is 15.1 Å². The van der Waals surface area contributed by atoms with Crippen LogP contribution in [-0.4, -0.2) is 19.7 Å². The summed E-state index contributed by atoms with van der Waals surface area (Å²) in [6, 6.07) is 0.895. The molecular weight excluding hydrogens is 281 g/mol. The first-order chi connectivity index (χ1) is 8.93. The zero-order chi connectivity index (χ0) is 14.0. The number of rotatable bonds is 3. The zero-order valence-corrected chi connectivity index (χ0v) is 10.7. The van der Waals surface area contributed by atoms with Crippen LogP contribution in [0.4, 0.5) is 13.2 Å². The van der Waals surface area contributed by atoms with Gasteiger partial charge in [-0.2, -0.15) is 18.3 Å². The Hall–Kier alpha value is -1.63. The Morgan fingerprint density at radius 2 is 2.05 bits per heavy atom. The summed E-state index contributed by atoms with van der Waals surface area (Å²) in [5.41, 5.74) is -0.381. The maximum atomic E-state index is 12.5. The molecule has 0 aromatic carbocycles. The lowest BCUT2D eigenvalue weighted by Gasteiger charge is -2.08. The Morgan fingerprint density at radius 1 is 1.32 bits per heavy atom. The molecule has 2 heterocycles. The molecule has 0 unspecified atom stereocenters. The van der Waals surface area contributed by atoms with Gasteiger partial charge in [-0.25, -0.2) is 14.6 Å². The van der Waals surface area contributed by atoms with Crippen LogP contribution in [-0.2, 0) is 12.6 Å². The van der Waals surface area contributed by atoms with Crippen molar-refractivity contribution in [1.29, 1.82) is 0 Å². The SMILES string of the molecule is CCCc1c(Cl)ncnc1-n1ccc(C(F)(F)F)n1. The molecule has 2 aromatic rings. The van der Waals surface area contributed by atoms with Gasteiger partial charge in [-0.15, -0.1) is 0 Å². The van der Waals surface area contributed by atoms with Crippen molar-refractivity contribution in [2.75, 3.05) is 0 Å². The molecule has 0 N–H and O–H groups in total. The molecule has 8 heteroatoms. The molecule has 4 nitrogen and oxygen atoms in total. The third kappa shape index (κ3) is 2.86. The molecule has 0 radical (unpaired) electrons. The summed E-state index contributed by atoms with van der Waals surface area (Å²) >= 11 is 5.94. The summed E-state index contributed by atoms with van der Waals surface area (Å²) in [5.74, 6) is 0.275. The van der Waals surface area contributed by atoms with E-state index in [9.17, 15) is 13.2 Å². The molecule has 0 aliphatic carbocycles. The predicted molar refractivity (Wildman–Crippen MR) is 63.2 cm³/mol. The number of halogens is 4. The third-order valence-corrected chi connectivity index (χ3v) is 2.79. The van der Waals surface area contributed by atoms with E-state index < -0.39 is 11.9 Å². The second-order valence-corrected chi connectivity index (χ2v) is 4.22. The molecule has 0 spiro atoms. The third-order valence-electron chi connectivity index (χ3n) is 2.47. The second kappa shape index (κ2) is 5.16. The molecule has 0 saturated heterocycles. The molecule has 0 aliphatic rings. The number of aromatic nitrogens is 4. The minimum atomic E-state index is -4.48. The van der Waals surface area contributed by atoms with Crippen LogP contribution in [0.1, 0.15) is 24.6 Å². The molecule has 0 amide bonds. The highest BCUT2D eigenvalue weighted by atomic mass is 35.5. The fourth-order valence-corrected chi connectivity index (χ4v) is 1.86. The fraction of sp³-hybridized carbons (Fsp3) is 0.364. The molecule has 0 saturated carbocycles. The first kappa shape index (κ1) is 13.8. The number of nitrogens with zero attached hydrogens (tertiary/aromatic N) is 4. The van der Waals surface area contributed by atoms with Crippen LogP contribution < -0.4 is 0 Å². The fourth-order valence-electron chi connectivity index (χ4n) is 1.64. The van der Waals surface area contributed by atoms with Crippen LogP contribution in [0.5, 0.6) is 0 Å². The van der Waals surface area contributed by atoms with Gasteiger partial charge in [0.15, 0.2) is 11.5 Å². The molecule has 19 heavy (non-hydrogen) atoms. The van der Waals surface area contributed by atoms with Crippen LogP contribution in [0, 0.1) is 0 Å². The maximum absolute atomic E-state index is 12.5. The van der Waals surface area contributed by atoms with Gasteiger partial charge in [-0.3, -0.25) is 0 Å². The molecule has 102 valence electrons. The summed E-state index contributed by atoms with van der Waals surface area (Å²) in [7, 11) is 0. The van der Waals surface area contributed by atoms with Crippen molar-refractivity contribution in [3.63, 3.8) is 0 Å².